The van der Waals surface area contributed by atoms with Gasteiger partial charge in [-0.3, -0.25) is 0 Å². The molecule has 20 N–H and O–H groups in total. The van der Waals surface area contributed by atoms with Crippen molar-refractivity contribution < 1.29 is 163 Å². The quantitative estimate of drug-likeness (QED) is 0.0507. The maximum Gasteiger partial charge on any atom is 4.00 e. The number of carbonyl (C=O) groups is 4. The second kappa shape index (κ2) is 31.0. The standard InChI is InChI=1S/4C6H12O7.Ti/c4*7-1-2(8)3(9)4(10)5(11)6(12)13;/h4*2-5,7-11H,1H2,(H,12,13);/q;;;;+4/p-4/t4*2-,3-,4+,5-;/m1111./s1. The van der Waals surface area contributed by atoms with Crippen LogP contribution in [0, 0.1) is 0 Å². The monoisotopic (exact) mass is 828 g/mol. The zero-order chi connectivity index (χ0) is 42.4. The van der Waals surface area contributed by atoms with Crippen LogP contribution in [0.3, 0.4) is 0 Å². The maximum absolute atomic E-state index is 9.98. The van der Waals surface area contributed by atoms with Crippen molar-refractivity contribution in [2.24, 2.45) is 0 Å². The third kappa shape index (κ3) is 23.4. The Bertz CT molecular complexity index is 841. The molecular weight excluding hydrogens is 784 g/mol. The molecular formula is C24H44O28Ti. The first-order valence-corrected chi connectivity index (χ1v) is 13.8. The third-order valence-corrected chi connectivity index (χ3v) is 5.98. The van der Waals surface area contributed by atoms with Gasteiger partial charge in [0, 0.05) is 0 Å². The van der Waals surface area contributed by atoms with Crippen LogP contribution in [-0.4, -0.2) is 250 Å². The molecule has 0 fully saturated rings. The van der Waals surface area contributed by atoms with E-state index in [1.165, 1.54) is 0 Å². The van der Waals surface area contributed by atoms with Gasteiger partial charge in [0.05, 0.1) is 50.3 Å². The molecule has 53 heavy (non-hydrogen) atoms. The van der Waals surface area contributed by atoms with Crippen LogP contribution >= 0.6 is 0 Å². The van der Waals surface area contributed by atoms with Crippen LogP contribution in [-0.2, 0) is 40.9 Å². The van der Waals surface area contributed by atoms with Crippen LogP contribution < -0.4 is 20.4 Å². The Hall–Kier alpha value is -2.21. The summed E-state index contributed by atoms with van der Waals surface area (Å²) < 4.78 is 0. The number of carboxylic acid groups (broad SMARTS) is 4. The van der Waals surface area contributed by atoms with Crippen molar-refractivity contribution in [3.63, 3.8) is 0 Å². The minimum absolute atomic E-state index is 0. The van der Waals surface area contributed by atoms with E-state index in [1.807, 2.05) is 0 Å². The molecule has 0 saturated heterocycles. The fraction of sp³-hybridized carbons (Fsp3) is 0.833. The minimum atomic E-state index is -2.31. The summed E-state index contributed by atoms with van der Waals surface area (Å²) in [6.45, 7) is -3.45. The molecule has 0 aliphatic carbocycles. The second-order valence-electron chi connectivity index (χ2n) is 9.98. The Kier molecular flexibility index (Phi) is 35.2. The molecule has 0 saturated carbocycles. The SMILES string of the molecule is O=C([O-])[C@H](O)[C@@H](O)[C@H](O)[C@H](O)CO.O=C([O-])[C@H](O)[C@@H](O)[C@H](O)[C@H](O)CO.O=C([O-])[C@H](O)[C@@H](O)[C@H](O)[C@H](O)CO.O=C([O-])[C@H](O)[C@@H](O)[C@H](O)[C@H](O)CO.[Ti+4]. The van der Waals surface area contributed by atoms with E-state index in [9.17, 15) is 39.6 Å². The molecule has 0 bridgehead atoms. The van der Waals surface area contributed by atoms with Gasteiger partial charge in [-0.2, -0.15) is 0 Å². The van der Waals surface area contributed by atoms with Crippen molar-refractivity contribution in [3.05, 3.63) is 0 Å². The smallest absolute Gasteiger partial charge is 0.547 e. The van der Waals surface area contributed by atoms with Gasteiger partial charge in [-0.1, -0.05) is 0 Å². The summed E-state index contributed by atoms with van der Waals surface area (Å²) in [5, 5.41) is 214. The fourth-order valence-corrected chi connectivity index (χ4v) is 2.65. The zero-order valence-electron chi connectivity index (χ0n) is 26.8. The first kappa shape index (κ1) is 60.1. The van der Waals surface area contributed by atoms with E-state index in [0.29, 0.717) is 0 Å². The van der Waals surface area contributed by atoms with E-state index in [-0.39, 0.29) is 21.7 Å². The first-order chi connectivity index (χ1) is 23.7. The minimum Gasteiger partial charge on any atom is -0.547 e. The van der Waals surface area contributed by atoms with Gasteiger partial charge >= 0.3 is 21.7 Å². The Morgan fingerprint density at radius 3 is 0.491 bits per heavy atom. The molecule has 0 spiro atoms. The Balaban J connectivity index is -0.000000192. The van der Waals surface area contributed by atoms with Crippen LogP contribution in [0.25, 0.3) is 0 Å². The Morgan fingerprint density at radius 2 is 0.415 bits per heavy atom. The topological polar surface area (TPSA) is 565 Å². The van der Waals surface area contributed by atoms with Crippen molar-refractivity contribution in [1.29, 1.82) is 0 Å². The maximum atomic E-state index is 9.98. The van der Waals surface area contributed by atoms with Gasteiger partial charge in [0.15, 0.2) is 0 Å². The molecule has 0 aliphatic rings. The predicted molar refractivity (Wildman–Crippen MR) is 144 cm³/mol. The molecule has 0 unspecified atom stereocenters. The van der Waals surface area contributed by atoms with Gasteiger partial charge in [-0.15, -0.1) is 0 Å². The molecule has 29 heteroatoms. The molecule has 0 radical (unpaired) electrons. The number of aliphatic hydroxyl groups is 20. The number of aliphatic hydroxyl groups excluding tert-OH is 20. The normalized spacial score (nSPS) is 20.0. The van der Waals surface area contributed by atoms with E-state index in [4.69, 9.17) is 102 Å². The van der Waals surface area contributed by atoms with Gasteiger partial charge in [0.1, 0.15) is 97.7 Å². The van der Waals surface area contributed by atoms with Gasteiger partial charge in [0.25, 0.3) is 0 Å². The van der Waals surface area contributed by atoms with Crippen LogP contribution in [0.5, 0.6) is 0 Å². The zero-order valence-corrected chi connectivity index (χ0v) is 28.3. The number of hydrogen-bond acceptors (Lipinski definition) is 28. The van der Waals surface area contributed by atoms with Crippen LogP contribution in [0.4, 0.5) is 0 Å². The molecule has 0 aromatic carbocycles. The number of carboxylic acids is 4. The van der Waals surface area contributed by atoms with Crippen molar-refractivity contribution in [1.82, 2.24) is 0 Å². The molecule has 28 nitrogen and oxygen atoms in total. The van der Waals surface area contributed by atoms with Gasteiger partial charge < -0.3 is 142 Å². The number of hydrogen-bond donors (Lipinski definition) is 20. The van der Waals surface area contributed by atoms with Crippen LogP contribution in [0.15, 0.2) is 0 Å². The van der Waals surface area contributed by atoms with Crippen molar-refractivity contribution in [2.75, 3.05) is 26.4 Å². The van der Waals surface area contributed by atoms with E-state index < -0.39 is 148 Å². The van der Waals surface area contributed by atoms with E-state index in [0.717, 1.165) is 0 Å². The van der Waals surface area contributed by atoms with Crippen LogP contribution in [0.1, 0.15) is 0 Å². The number of aliphatic carboxylic acids is 4. The summed E-state index contributed by atoms with van der Waals surface area (Å²) in [6, 6.07) is 0. The molecule has 16 atom stereocenters. The largest absolute Gasteiger partial charge is 4.00 e. The van der Waals surface area contributed by atoms with Gasteiger partial charge in [-0.25, -0.2) is 0 Å². The Labute approximate surface area is 311 Å². The van der Waals surface area contributed by atoms with E-state index in [2.05, 4.69) is 0 Å². The van der Waals surface area contributed by atoms with Crippen LogP contribution in [0.2, 0.25) is 0 Å². The summed E-state index contributed by atoms with van der Waals surface area (Å²) >= 11 is 0. The second-order valence-corrected chi connectivity index (χ2v) is 9.98. The summed E-state index contributed by atoms with van der Waals surface area (Å²) in [5.41, 5.74) is 0. The van der Waals surface area contributed by atoms with E-state index >= 15 is 0 Å². The van der Waals surface area contributed by atoms with Gasteiger partial charge in [0.2, 0.25) is 0 Å². The Morgan fingerprint density at radius 1 is 0.302 bits per heavy atom. The average molecular weight is 828 g/mol. The van der Waals surface area contributed by atoms with E-state index in [1.54, 1.807) is 0 Å². The van der Waals surface area contributed by atoms with Crippen molar-refractivity contribution >= 4 is 23.9 Å². The summed E-state index contributed by atoms with van der Waals surface area (Å²) in [5.74, 6) is -7.90. The fourth-order valence-electron chi connectivity index (χ4n) is 2.65. The molecule has 0 aromatic rings. The molecule has 0 rings (SSSR count). The first-order valence-electron chi connectivity index (χ1n) is 13.8. The summed E-state index contributed by atoms with van der Waals surface area (Å²) in [4.78, 5) is 39.9. The molecule has 0 heterocycles. The predicted octanol–water partition coefficient (Wildman–Crippen LogP) is -19.3. The van der Waals surface area contributed by atoms with Crippen molar-refractivity contribution in [3.8, 4) is 0 Å². The number of rotatable bonds is 20. The summed E-state index contributed by atoms with van der Waals surface area (Å²) in [7, 11) is 0. The average Bonchev–Trinajstić information content (AvgIpc) is 3.12. The summed E-state index contributed by atoms with van der Waals surface area (Å²) in [6.07, 6.45) is -32.3. The third-order valence-electron chi connectivity index (χ3n) is 5.98. The van der Waals surface area contributed by atoms with Crippen molar-refractivity contribution in [2.45, 2.75) is 97.7 Å². The molecule has 312 valence electrons. The molecule has 0 amide bonds. The molecule has 0 aromatic heterocycles. The van der Waals surface area contributed by atoms with Gasteiger partial charge in [-0.05, 0) is 0 Å². The number of carbonyl (C=O) groups excluding carboxylic acids is 4. The molecule has 0 aliphatic heterocycles.